The molecular weight excluding hydrogens is 272 g/mol. The van der Waals surface area contributed by atoms with E-state index in [2.05, 4.69) is 10.6 Å². The summed E-state index contributed by atoms with van der Waals surface area (Å²) in [5.74, 6) is -0.0130. The summed E-state index contributed by atoms with van der Waals surface area (Å²) in [4.78, 5) is 36.2. The second kappa shape index (κ2) is 4.62. The highest BCUT2D eigenvalue weighted by molar-refractivity contribution is 6.02. The Bertz CT molecular complexity index is 836. The Kier molecular flexibility index (Phi) is 2.90. The van der Waals surface area contributed by atoms with E-state index in [0.717, 1.165) is 10.1 Å². The normalized spacial score (nSPS) is 16.9. The van der Waals surface area contributed by atoms with Crippen LogP contribution in [0, 0.1) is 0 Å². The van der Waals surface area contributed by atoms with Crippen LogP contribution in [0.15, 0.2) is 39.9 Å². The molecule has 0 radical (unpaired) electrons. The van der Waals surface area contributed by atoms with Crippen molar-refractivity contribution >= 4 is 17.4 Å². The third-order valence-corrected chi connectivity index (χ3v) is 3.59. The molecule has 108 valence electrons. The fourth-order valence-electron chi connectivity index (χ4n) is 2.40. The van der Waals surface area contributed by atoms with E-state index in [4.69, 9.17) is 0 Å². The standard InChI is InChI=1S/C14H14N4O3/c1-17-11-10(13(20)18(2)14(17)21)16-12(19)9(15-11)8-6-4-3-5-7-8/h3-7,9,15H,1-2H3,(H,16,19). The zero-order valence-electron chi connectivity index (χ0n) is 11.6. The molecule has 3 rings (SSSR count). The van der Waals surface area contributed by atoms with Crippen molar-refractivity contribution in [3.63, 3.8) is 0 Å². The maximum absolute atomic E-state index is 12.2. The number of amides is 1. The molecule has 0 saturated heterocycles. The molecule has 1 unspecified atom stereocenters. The van der Waals surface area contributed by atoms with E-state index in [-0.39, 0.29) is 11.6 Å². The fourth-order valence-corrected chi connectivity index (χ4v) is 2.40. The lowest BCUT2D eigenvalue weighted by molar-refractivity contribution is -0.117. The zero-order chi connectivity index (χ0) is 15.1. The van der Waals surface area contributed by atoms with Crippen LogP contribution in [0.4, 0.5) is 11.5 Å². The van der Waals surface area contributed by atoms with E-state index in [9.17, 15) is 14.4 Å². The summed E-state index contributed by atoms with van der Waals surface area (Å²) in [7, 11) is 2.92. The number of nitrogens with zero attached hydrogens (tertiary/aromatic N) is 2. The molecule has 1 aliphatic rings. The number of hydrogen-bond acceptors (Lipinski definition) is 4. The topological polar surface area (TPSA) is 85.1 Å². The van der Waals surface area contributed by atoms with Crippen molar-refractivity contribution < 1.29 is 4.79 Å². The van der Waals surface area contributed by atoms with E-state index in [1.165, 1.54) is 11.6 Å². The molecule has 0 fully saturated rings. The fraction of sp³-hybridized carbons (Fsp3) is 0.214. The van der Waals surface area contributed by atoms with E-state index < -0.39 is 17.3 Å². The minimum absolute atomic E-state index is 0.0942. The molecule has 1 atom stereocenters. The maximum Gasteiger partial charge on any atom is 0.332 e. The van der Waals surface area contributed by atoms with Crippen LogP contribution in [-0.4, -0.2) is 15.0 Å². The lowest BCUT2D eigenvalue weighted by atomic mass is 10.0. The molecule has 0 spiro atoms. The van der Waals surface area contributed by atoms with Gasteiger partial charge in [0.25, 0.3) is 11.5 Å². The third kappa shape index (κ3) is 1.94. The number of fused-ring (bicyclic) bond motifs is 1. The van der Waals surface area contributed by atoms with Crippen molar-refractivity contribution in [1.82, 2.24) is 9.13 Å². The molecule has 7 heteroatoms. The summed E-state index contributed by atoms with van der Waals surface area (Å²) < 4.78 is 2.27. The number of hydrogen-bond donors (Lipinski definition) is 2. The Morgan fingerprint density at radius 3 is 2.33 bits per heavy atom. The molecule has 2 heterocycles. The Morgan fingerprint density at radius 2 is 1.67 bits per heavy atom. The molecule has 1 aromatic heterocycles. The van der Waals surface area contributed by atoms with Gasteiger partial charge in [-0.05, 0) is 5.56 Å². The first-order valence-electron chi connectivity index (χ1n) is 6.43. The average Bonchev–Trinajstić information content (AvgIpc) is 2.51. The molecule has 1 aromatic carbocycles. The highest BCUT2D eigenvalue weighted by atomic mass is 16.2. The van der Waals surface area contributed by atoms with Gasteiger partial charge in [-0.3, -0.25) is 18.7 Å². The number of aromatic nitrogens is 2. The molecule has 1 amide bonds. The Labute approximate surface area is 119 Å². The summed E-state index contributed by atoms with van der Waals surface area (Å²) in [5, 5.41) is 5.57. The average molecular weight is 286 g/mol. The lowest BCUT2D eigenvalue weighted by Gasteiger charge is -2.28. The first-order valence-corrected chi connectivity index (χ1v) is 6.43. The van der Waals surface area contributed by atoms with E-state index >= 15 is 0 Å². The Balaban J connectivity index is 2.16. The maximum atomic E-state index is 12.2. The van der Waals surface area contributed by atoms with Crippen LogP contribution in [0.3, 0.4) is 0 Å². The first kappa shape index (κ1) is 13.2. The summed E-state index contributed by atoms with van der Waals surface area (Å²) in [5.41, 5.74) is -0.125. The second-order valence-electron chi connectivity index (χ2n) is 4.91. The van der Waals surface area contributed by atoms with Crippen LogP contribution in [0.1, 0.15) is 11.6 Å². The quantitative estimate of drug-likeness (QED) is 0.783. The number of anilines is 2. The van der Waals surface area contributed by atoms with Gasteiger partial charge in [-0.15, -0.1) is 0 Å². The van der Waals surface area contributed by atoms with Gasteiger partial charge in [0, 0.05) is 14.1 Å². The summed E-state index contributed by atoms with van der Waals surface area (Å²) in [6.07, 6.45) is 0. The van der Waals surface area contributed by atoms with Crippen LogP contribution in [0.5, 0.6) is 0 Å². The van der Waals surface area contributed by atoms with Crippen LogP contribution < -0.4 is 21.9 Å². The first-order chi connectivity index (χ1) is 10.0. The number of carbonyl (C=O) groups is 1. The summed E-state index contributed by atoms with van der Waals surface area (Å²) in [6, 6.07) is 8.47. The minimum atomic E-state index is -0.642. The van der Waals surface area contributed by atoms with Crippen LogP contribution in [0.2, 0.25) is 0 Å². The zero-order valence-corrected chi connectivity index (χ0v) is 11.6. The van der Waals surface area contributed by atoms with Gasteiger partial charge in [-0.1, -0.05) is 30.3 Å². The molecule has 2 N–H and O–H groups in total. The highest BCUT2D eigenvalue weighted by Gasteiger charge is 2.31. The van der Waals surface area contributed by atoms with E-state index in [0.29, 0.717) is 5.82 Å². The molecule has 7 nitrogen and oxygen atoms in total. The van der Waals surface area contributed by atoms with Gasteiger partial charge in [-0.25, -0.2) is 4.79 Å². The van der Waals surface area contributed by atoms with Crippen molar-refractivity contribution in [2.45, 2.75) is 6.04 Å². The Hall–Kier alpha value is -2.83. The Morgan fingerprint density at radius 1 is 1.00 bits per heavy atom. The van der Waals surface area contributed by atoms with Crippen LogP contribution in [0.25, 0.3) is 0 Å². The minimum Gasteiger partial charge on any atom is -0.354 e. The molecule has 2 aromatic rings. The highest BCUT2D eigenvalue weighted by Crippen LogP contribution is 2.28. The number of benzene rings is 1. The predicted octanol–water partition coefficient (Wildman–Crippen LogP) is 0.189. The molecule has 21 heavy (non-hydrogen) atoms. The van der Waals surface area contributed by atoms with Crippen molar-refractivity contribution in [1.29, 1.82) is 0 Å². The number of rotatable bonds is 1. The number of carbonyl (C=O) groups excluding carboxylic acids is 1. The van der Waals surface area contributed by atoms with Crippen molar-refractivity contribution in [2.75, 3.05) is 10.6 Å². The monoisotopic (exact) mass is 286 g/mol. The van der Waals surface area contributed by atoms with Crippen molar-refractivity contribution in [2.24, 2.45) is 14.1 Å². The molecule has 0 bridgehead atoms. The second-order valence-corrected chi connectivity index (χ2v) is 4.91. The largest absolute Gasteiger partial charge is 0.354 e. The van der Waals surface area contributed by atoms with Gasteiger partial charge in [0.1, 0.15) is 17.5 Å². The molecule has 0 saturated carbocycles. The summed E-state index contributed by atoms with van der Waals surface area (Å²) in [6.45, 7) is 0. The predicted molar refractivity (Wildman–Crippen MR) is 78.4 cm³/mol. The van der Waals surface area contributed by atoms with Gasteiger partial charge in [-0.2, -0.15) is 0 Å². The van der Waals surface area contributed by atoms with Crippen molar-refractivity contribution in [3.05, 3.63) is 56.7 Å². The van der Waals surface area contributed by atoms with E-state index in [1.54, 1.807) is 19.2 Å². The smallest absolute Gasteiger partial charge is 0.332 e. The van der Waals surface area contributed by atoms with Gasteiger partial charge >= 0.3 is 5.69 Å². The third-order valence-electron chi connectivity index (χ3n) is 3.59. The van der Waals surface area contributed by atoms with E-state index in [1.807, 2.05) is 18.2 Å². The van der Waals surface area contributed by atoms with Crippen molar-refractivity contribution in [3.8, 4) is 0 Å². The SMILES string of the molecule is Cn1c2c(c(=O)n(C)c1=O)NC(=O)C(c1ccccc1)N2. The molecule has 1 aliphatic heterocycles. The molecule has 0 aliphatic carbocycles. The van der Waals surface area contributed by atoms with Gasteiger partial charge in [0.15, 0.2) is 0 Å². The van der Waals surface area contributed by atoms with Crippen LogP contribution >= 0.6 is 0 Å². The van der Waals surface area contributed by atoms with Gasteiger partial charge in [0.2, 0.25) is 0 Å². The van der Waals surface area contributed by atoms with Crippen LogP contribution in [-0.2, 0) is 18.9 Å². The van der Waals surface area contributed by atoms with Gasteiger partial charge < -0.3 is 10.6 Å². The summed E-state index contributed by atoms with van der Waals surface area (Å²) >= 11 is 0. The lowest BCUT2D eigenvalue weighted by Crippen LogP contribution is -2.44. The molecular formula is C14H14N4O3. The van der Waals surface area contributed by atoms with Gasteiger partial charge in [0.05, 0.1) is 0 Å². The number of nitrogens with one attached hydrogen (secondary N) is 2.